The molecule has 6 heteroatoms. The molecule has 3 heterocycles. The minimum absolute atomic E-state index is 0.00570. The maximum absolute atomic E-state index is 12.4. The van der Waals surface area contributed by atoms with E-state index in [2.05, 4.69) is 28.2 Å². The van der Waals surface area contributed by atoms with Gasteiger partial charge in [0, 0.05) is 40.4 Å². The molecule has 0 radical (unpaired) electrons. The van der Waals surface area contributed by atoms with Crippen LogP contribution < -0.4 is 5.56 Å². The summed E-state index contributed by atoms with van der Waals surface area (Å²) in [5.41, 5.74) is 2.81. The number of aromatic amines is 2. The van der Waals surface area contributed by atoms with Crippen LogP contribution in [-0.4, -0.2) is 22.3 Å². The van der Waals surface area contributed by atoms with Crippen molar-refractivity contribution in [3.8, 4) is 10.4 Å². The molecular formula is C16H17N3O2S. The van der Waals surface area contributed by atoms with Gasteiger partial charge in [-0.2, -0.15) is 5.10 Å². The number of rotatable bonds is 2. The third-order valence-corrected chi connectivity index (χ3v) is 5.80. The smallest absolute Gasteiger partial charge is 0.266 e. The van der Waals surface area contributed by atoms with Crippen molar-refractivity contribution in [2.45, 2.75) is 31.8 Å². The van der Waals surface area contributed by atoms with Crippen LogP contribution in [0.2, 0.25) is 0 Å². The second-order valence-electron chi connectivity index (χ2n) is 5.94. The summed E-state index contributed by atoms with van der Waals surface area (Å²) in [4.78, 5) is 16.5. The molecule has 2 N–H and O–H groups in total. The molecule has 3 aromatic heterocycles. The van der Waals surface area contributed by atoms with Crippen molar-refractivity contribution in [3.63, 3.8) is 0 Å². The number of H-pyrrole nitrogens is 2. The average Bonchev–Trinajstić information content (AvgIpc) is 3.16. The summed E-state index contributed by atoms with van der Waals surface area (Å²) in [7, 11) is 1.75. The Bertz CT molecular complexity index is 894. The lowest BCUT2D eigenvalue weighted by molar-refractivity contribution is -0.0117. The van der Waals surface area contributed by atoms with E-state index in [0.29, 0.717) is 0 Å². The Balaban J connectivity index is 2.05. The Morgan fingerprint density at radius 1 is 1.45 bits per heavy atom. The third kappa shape index (κ3) is 1.87. The number of hydrogen-bond donors (Lipinski definition) is 2. The van der Waals surface area contributed by atoms with Crippen molar-refractivity contribution >= 4 is 21.4 Å². The standard InChI is InChI=1S/C16H17N3O2S/c1-16(21-2)5-3-4-11-13(16)10-6-12(9-7-17-18-8-9)22-14(10)15(20)19-11/h6-8H,3-5H2,1-2H3,(H,17,18)(H,19,20)/t16-/m1/s1. The number of ether oxygens (including phenoxy) is 1. The van der Waals surface area contributed by atoms with Gasteiger partial charge in [-0.3, -0.25) is 9.89 Å². The normalized spacial score (nSPS) is 21.2. The van der Waals surface area contributed by atoms with E-state index in [0.717, 1.165) is 51.0 Å². The molecule has 3 aromatic rings. The molecule has 0 saturated carbocycles. The van der Waals surface area contributed by atoms with E-state index in [4.69, 9.17) is 4.74 Å². The fraction of sp³-hybridized carbons (Fsp3) is 0.375. The number of nitrogens with zero attached hydrogens (tertiary/aromatic N) is 1. The second-order valence-corrected chi connectivity index (χ2v) is 6.99. The number of methoxy groups -OCH3 is 1. The van der Waals surface area contributed by atoms with Crippen LogP contribution in [0.25, 0.3) is 20.5 Å². The zero-order valence-corrected chi connectivity index (χ0v) is 13.3. The van der Waals surface area contributed by atoms with Gasteiger partial charge in [0.05, 0.1) is 11.8 Å². The monoisotopic (exact) mass is 315 g/mol. The molecule has 0 unspecified atom stereocenters. The fourth-order valence-corrected chi connectivity index (χ4v) is 4.46. The number of fused-ring (bicyclic) bond motifs is 3. The van der Waals surface area contributed by atoms with E-state index in [-0.39, 0.29) is 11.2 Å². The zero-order valence-electron chi connectivity index (χ0n) is 12.5. The van der Waals surface area contributed by atoms with E-state index >= 15 is 0 Å². The fourth-order valence-electron chi connectivity index (χ4n) is 3.42. The molecule has 1 aliphatic carbocycles. The summed E-state index contributed by atoms with van der Waals surface area (Å²) in [5, 5.41) is 7.84. The van der Waals surface area contributed by atoms with Crippen LogP contribution in [0.3, 0.4) is 0 Å². The first-order valence-electron chi connectivity index (χ1n) is 7.36. The lowest BCUT2D eigenvalue weighted by atomic mass is 9.81. The highest BCUT2D eigenvalue weighted by Gasteiger charge is 2.35. The molecule has 0 spiro atoms. The minimum Gasteiger partial charge on any atom is -0.374 e. The lowest BCUT2D eigenvalue weighted by Crippen LogP contribution is -2.32. The molecule has 0 bridgehead atoms. The van der Waals surface area contributed by atoms with Crippen LogP contribution >= 0.6 is 11.3 Å². The van der Waals surface area contributed by atoms with Crippen molar-refractivity contribution < 1.29 is 4.74 Å². The van der Waals surface area contributed by atoms with Crippen LogP contribution in [-0.2, 0) is 16.8 Å². The predicted octanol–water partition coefficient (Wildman–Crippen LogP) is 3.18. The van der Waals surface area contributed by atoms with Gasteiger partial charge in [0.2, 0.25) is 0 Å². The molecule has 0 aromatic carbocycles. The SMILES string of the molecule is CO[C@]1(C)CCCc2[nH]c(=O)c3sc(-c4cn[nH]c4)cc3c21. The molecule has 0 saturated heterocycles. The van der Waals surface area contributed by atoms with Crippen molar-refractivity contribution in [3.05, 3.63) is 40.1 Å². The van der Waals surface area contributed by atoms with E-state index in [1.165, 1.54) is 11.3 Å². The number of pyridine rings is 1. The topological polar surface area (TPSA) is 70.8 Å². The van der Waals surface area contributed by atoms with Gasteiger partial charge in [-0.1, -0.05) is 0 Å². The largest absolute Gasteiger partial charge is 0.374 e. The summed E-state index contributed by atoms with van der Waals surface area (Å²) < 4.78 is 6.58. The van der Waals surface area contributed by atoms with Crippen LogP contribution in [0.1, 0.15) is 31.0 Å². The van der Waals surface area contributed by atoms with E-state index in [1.807, 2.05) is 6.20 Å². The number of nitrogens with one attached hydrogen (secondary N) is 2. The van der Waals surface area contributed by atoms with Gasteiger partial charge >= 0.3 is 0 Å². The van der Waals surface area contributed by atoms with Crippen LogP contribution in [0.15, 0.2) is 23.3 Å². The number of hydrogen-bond acceptors (Lipinski definition) is 4. The van der Waals surface area contributed by atoms with Crippen LogP contribution in [0, 0.1) is 0 Å². The van der Waals surface area contributed by atoms with Crippen molar-refractivity contribution in [1.29, 1.82) is 0 Å². The van der Waals surface area contributed by atoms with Crippen molar-refractivity contribution in [2.75, 3.05) is 7.11 Å². The minimum atomic E-state index is -0.342. The van der Waals surface area contributed by atoms with Gasteiger partial charge in [0.15, 0.2) is 0 Å². The zero-order chi connectivity index (χ0) is 15.3. The van der Waals surface area contributed by atoms with Crippen LogP contribution in [0.4, 0.5) is 0 Å². The van der Waals surface area contributed by atoms with E-state index in [9.17, 15) is 4.79 Å². The molecule has 1 aliphatic rings. The molecule has 4 rings (SSSR count). The van der Waals surface area contributed by atoms with Gasteiger partial charge in [0.1, 0.15) is 4.70 Å². The Kier molecular flexibility index (Phi) is 2.99. The van der Waals surface area contributed by atoms with E-state index in [1.54, 1.807) is 13.3 Å². The Morgan fingerprint density at radius 3 is 3.05 bits per heavy atom. The molecule has 0 aliphatic heterocycles. The second kappa shape index (κ2) is 4.79. The highest BCUT2D eigenvalue weighted by atomic mass is 32.1. The Labute approximate surface area is 131 Å². The average molecular weight is 315 g/mol. The first-order chi connectivity index (χ1) is 10.6. The van der Waals surface area contributed by atoms with Crippen molar-refractivity contribution in [1.82, 2.24) is 15.2 Å². The summed E-state index contributed by atoms with van der Waals surface area (Å²) >= 11 is 1.51. The molecule has 22 heavy (non-hydrogen) atoms. The maximum Gasteiger partial charge on any atom is 0.266 e. The first kappa shape index (κ1) is 13.7. The molecule has 0 fully saturated rings. The van der Waals surface area contributed by atoms with Gasteiger partial charge in [0.25, 0.3) is 5.56 Å². The number of aromatic nitrogens is 3. The summed E-state index contributed by atoms with van der Waals surface area (Å²) in [6.45, 7) is 2.11. The highest BCUT2D eigenvalue weighted by molar-refractivity contribution is 7.22. The summed E-state index contributed by atoms with van der Waals surface area (Å²) in [6.07, 6.45) is 6.52. The molecule has 114 valence electrons. The quantitative estimate of drug-likeness (QED) is 0.763. The third-order valence-electron chi connectivity index (χ3n) is 4.62. The van der Waals surface area contributed by atoms with Gasteiger partial charge < -0.3 is 9.72 Å². The van der Waals surface area contributed by atoms with Gasteiger partial charge in [-0.05, 0) is 32.3 Å². The number of thiophene rings is 1. The summed E-state index contributed by atoms with van der Waals surface area (Å²) in [6, 6.07) is 2.10. The molecular weight excluding hydrogens is 298 g/mol. The van der Waals surface area contributed by atoms with Gasteiger partial charge in [-0.25, -0.2) is 0 Å². The van der Waals surface area contributed by atoms with Crippen LogP contribution in [0.5, 0.6) is 0 Å². The molecule has 5 nitrogen and oxygen atoms in total. The highest BCUT2D eigenvalue weighted by Crippen LogP contribution is 2.43. The van der Waals surface area contributed by atoms with E-state index < -0.39 is 0 Å². The molecule has 1 atom stereocenters. The number of aryl methyl sites for hydroxylation is 1. The van der Waals surface area contributed by atoms with Gasteiger partial charge in [-0.15, -0.1) is 11.3 Å². The maximum atomic E-state index is 12.4. The Hall–Kier alpha value is -1.92. The first-order valence-corrected chi connectivity index (χ1v) is 8.17. The lowest BCUT2D eigenvalue weighted by Gasteiger charge is -2.34. The molecule has 0 amide bonds. The summed E-state index contributed by atoms with van der Waals surface area (Å²) in [5.74, 6) is 0. The Morgan fingerprint density at radius 2 is 2.32 bits per heavy atom. The predicted molar refractivity (Wildman–Crippen MR) is 87.3 cm³/mol. The van der Waals surface area contributed by atoms with Crippen molar-refractivity contribution in [2.24, 2.45) is 0 Å².